The summed E-state index contributed by atoms with van der Waals surface area (Å²) in [6.07, 6.45) is 2.52. The summed E-state index contributed by atoms with van der Waals surface area (Å²) in [5.41, 5.74) is 2.08. The van der Waals surface area contributed by atoms with Crippen LogP contribution in [0.3, 0.4) is 0 Å². The molecule has 0 spiro atoms. The van der Waals surface area contributed by atoms with Crippen LogP contribution in [0.25, 0.3) is 0 Å². The van der Waals surface area contributed by atoms with Gasteiger partial charge in [-0.3, -0.25) is 0 Å². The van der Waals surface area contributed by atoms with Gasteiger partial charge in [0.2, 0.25) is 10.0 Å². The van der Waals surface area contributed by atoms with E-state index < -0.39 is 10.0 Å². The number of nitrogens with one attached hydrogen (secondary N) is 1. The van der Waals surface area contributed by atoms with Gasteiger partial charge >= 0.3 is 0 Å². The SMILES string of the molecule is C=CCN(CCOC)S(=O)(=O)c1ccc2c(c1)NCC2. The minimum absolute atomic E-state index is 0.274. The largest absolute Gasteiger partial charge is 0.384 e. The Morgan fingerprint density at radius 1 is 1.50 bits per heavy atom. The molecule has 1 N–H and O–H groups in total. The average Bonchev–Trinajstić information content (AvgIpc) is 2.90. The van der Waals surface area contributed by atoms with Crippen LogP contribution in [0.15, 0.2) is 35.7 Å². The molecule has 1 aliphatic heterocycles. The maximum atomic E-state index is 12.6. The van der Waals surface area contributed by atoms with Gasteiger partial charge in [-0.2, -0.15) is 4.31 Å². The molecular weight excluding hydrogens is 276 g/mol. The predicted molar refractivity (Wildman–Crippen MR) is 79.5 cm³/mol. The van der Waals surface area contributed by atoms with Crippen molar-refractivity contribution in [3.05, 3.63) is 36.4 Å². The van der Waals surface area contributed by atoms with Gasteiger partial charge in [-0.05, 0) is 24.1 Å². The zero-order valence-corrected chi connectivity index (χ0v) is 12.4. The first kappa shape index (κ1) is 15.0. The molecule has 20 heavy (non-hydrogen) atoms. The molecule has 0 amide bonds. The molecule has 0 radical (unpaired) electrons. The molecule has 0 saturated carbocycles. The van der Waals surface area contributed by atoms with Gasteiger partial charge in [0.25, 0.3) is 0 Å². The zero-order valence-electron chi connectivity index (χ0n) is 11.6. The molecule has 6 heteroatoms. The number of methoxy groups -OCH3 is 1. The Labute approximate surface area is 120 Å². The Bertz CT molecular complexity index is 584. The summed E-state index contributed by atoms with van der Waals surface area (Å²) in [4.78, 5) is 0.309. The lowest BCUT2D eigenvalue weighted by atomic mass is 10.2. The van der Waals surface area contributed by atoms with Crippen molar-refractivity contribution in [2.75, 3.05) is 38.7 Å². The van der Waals surface area contributed by atoms with Crippen LogP contribution in [0.1, 0.15) is 5.56 Å². The van der Waals surface area contributed by atoms with Crippen molar-refractivity contribution in [1.82, 2.24) is 4.31 Å². The average molecular weight is 296 g/mol. The Hall–Kier alpha value is -1.37. The van der Waals surface area contributed by atoms with Crippen molar-refractivity contribution < 1.29 is 13.2 Å². The number of anilines is 1. The summed E-state index contributed by atoms with van der Waals surface area (Å²) in [7, 11) is -1.96. The Morgan fingerprint density at radius 2 is 2.30 bits per heavy atom. The normalized spacial score (nSPS) is 14.1. The fraction of sp³-hybridized carbons (Fsp3) is 0.429. The van der Waals surface area contributed by atoms with Crippen LogP contribution in [0.2, 0.25) is 0 Å². The van der Waals surface area contributed by atoms with E-state index in [2.05, 4.69) is 11.9 Å². The van der Waals surface area contributed by atoms with Gasteiger partial charge in [-0.15, -0.1) is 6.58 Å². The molecule has 0 aliphatic carbocycles. The fourth-order valence-corrected chi connectivity index (χ4v) is 3.65. The number of benzene rings is 1. The van der Waals surface area contributed by atoms with Gasteiger partial charge in [-0.1, -0.05) is 12.1 Å². The van der Waals surface area contributed by atoms with Gasteiger partial charge in [0.1, 0.15) is 0 Å². The van der Waals surface area contributed by atoms with Crippen LogP contribution < -0.4 is 5.32 Å². The van der Waals surface area contributed by atoms with Crippen LogP contribution >= 0.6 is 0 Å². The topological polar surface area (TPSA) is 58.6 Å². The summed E-state index contributed by atoms with van der Waals surface area (Å²) in [6.45, 7) is 5.42. The van der Waals surface area contributed by atoms with E-state index in [4.69, 9.17) is 4.74 Å². The summed E-state index contributed by atoms with van der Waals surface area (Å²) in [6, 6.07) is 5.26. The van der Waals surface area contributed by atoms with Gasteiger partial charge in [0.05, 0.1) is 11.5 Å². The van der Waals surface area contributed by atoms with E-state index in [1.807, 2.05) is 6.07 Å². The molecule has 1 heterocycles. The highest BCUT2D eigenvalue weighted by molar-refractivity contribution is 7.89. The van der Waals surface area contributed by atoms with E-state index in [0.29, 0.717) is 18.0 Å². The molecule has 1 aliphatic rings. The number of sulfonamides is 1. The zero-order chi connectivity index (χ0) is 14.6. The molecule has 110 valence electrons. The second-order valence-corrected chi connectivity index (χ2v) is 6.58. The predicted octanol–water partition coefficient (Wildman–Crippen LogP) is 1.48. The summed E-state index contributed by atoms with van der Waals surface area (Å²) in [5, 5.41) is 3.20. The highest BCUT2D eigenvalue weighted by atomic mass is 32.2. The van der Waals surface area contributed by atoms with Crippen LogP contribution in [-0.4, -0.2) is 46.1 Å². The standard InChI is InChI=1S/C14H20N2O3S/c1-3-8-16(9-10-19-2)20(17,18)13-5-4-12-6-7-15-14(12)11-13/h3-5,11,15H,1,6-10H2,2H3. The fourth-order valence-electron chi connectivity index (χ4n) is 2.23. The second-order valence-electron chi connectivity index (χ2n) is 4.64. The maximum Gasteiger partial charge on any atom is 0.243 e. The van der Waals surface area contributed by atoms with E-state index in [-0.39, 0.29) is 6.54 Å². The molecule has 1 aromatic carbocycles. The smallest absolute Gasteiger partial charge is 0.243 e. The van der Waals surface area contributed by atoms with Gasteiger partial charge in [-0.25, -0.2) is 8.42 Å². The molecule has 1 aromatic rings. The van der Waals surface area contributed by atoms with Crippen LogP contribution in [0.4, 0.5) is 5.69 Å². The van der Waals surface area contributed by atoms with Crippen molar-refractivity contribution >= 4 is 15.7 Å². The summed E-state index contributed by atoms with van der Waals surface area (Å²) >= 11 is 0. The molecule has 0 fully saturated rings. The van der Waals surface area contributed by atoms with Crippen molar-refractivity contribution in [3.63, 3.8) is 0 Å². The van der Waals surface area contributed by atoms with Gasteiger partial charge in [0.15, 0.2) is 0 Å². The van der Waals surface area contributed by atoms with Crippen LogP contribution in [0, 0.1) is 0 Å². The lowest BCUT2D eigenvalue weighted by Gasteiger charge is -2.20. The molecule has 2 rings (SSSR count). The Morgan fingerprint density at radius 3 is 3.00 bits per heavy atom. The minimum Gasteiger partial charge on any atom is -0.384 e. The van der Waals surface area contributed by atoms with Crippen molar-refractivity contribution in [2.24, 2.45) is 0 Å². The molecule has 5 nitrogen and oxygen atoms in total. The number of hydrogen-bond acceptors (Lipinski definition) is 4. The first-order chi connectivity index (χ1) is 9.59. The molecule has 0 atom stereocenters. The molecule has 0 unspecified atom stereocenters. The van der Waals surface area contributed by atoms with E-state index in [0.717, 1.165) is 24.2 Å². The van der Waals surface area contributed by atoms with E-state index in [1.54, 1.807) is 25.3 Å². The highest BCUT2D eigenvalue weighted by Gasteiger charge is 2.24. The van der Waals surface area contributed by atoms with E-state index in [1.165, 1.54) is 4.31 Å². The lowest BCUT2D eigenvalue weighted by molar-refractivity contribution is 0.182. The Balaban J connectivity index is 2.29. The van der Waals surface area contributed by atoms with Crippen molar-refractivity contribution in [1.29, 1.82) is 0 Å². The third-order valence-corrected chi connectivity index (χ3v) is 5.17. The van der Waals surface area contributed by atoms with Crippen LogP contribution in [-0.2, 0) is 21.2 Å². The maximum absolute atomic E-state index is 12.6. The first-order valence-electron chi connectivity index (χ1n) is 6.56. The molecule has 0 saturated heterocycles. The quantitative estimate of drug-likeness (QED) is 0.774. The summed E-state index contributed by atoms with van der Waals surface area (Å²) in [5.74, 6) is 0. The van der Waals surface area contributed by atoms with Gasteiger partial charge < -0.3 is 10.1 Å². The number of rotatable bonds is 7. The molecular formula is C14H20N2O3S. The number of ether oxygens (including phenoxy) is 1. The third kappa shape index (κ3) is 3.03. The minimum atomic E-state index is -3.51. The van der Waals surface area contributed by atoms with Crippen molar-refractivity contribution in [3.8, 4) is 0 Å². The lowest BCUT2D eigenvalue weighted by Crippen LogP contribution is -2.34. The first-order valence-corrected chi connectivity index (χ1v) is 8.00. The second kappa shape index (κ2) is 6.39. The van der Waals surface area contributed by atoms with E-state index >= 15 is 0 Å². The number of nitrogens with zero attached hydrogens (tertiary/aromatic N) is 1. The number of hydrogen-bond donors (Lipinski definition) is 1. The molecule has 0 aromatic heterocycles. The van der Waals surface area contributed by atoms with E-state index in [9.17, 15) is 8.42 Å². The monoisotopic (exact) mass is 296 g/mol. The number of fused-ring (bicyclic) bond motifs is 1. The molecule has 0 bridgehead atoms. The van der Waals surface area contributed by atoms with Crippen LogP contribution in [0.5, 0.6) is 0 Å². The highest BCUT2D eigenvalue weighted by Crippen LogP contribution is 2.26. The van der Waals surface area contributed by atoms with Crippen molar-refractivity contribution in [2.45, 2.75) is 11.3 Å². The summed E-state index contributed by atoms with van der Waals surface area (Å²) < 4.78 is 31.6. The van der Waals surface area contributed by atoms with Gasteiger partial charge in [0, 0.05) is 32.4 Å². The third-order valence-electron chi connectivity index (χ3n) is 3.31. The Kier molecular flexibility index (Phi) is 4.80.